The Bertz CT molecular complexity index is 1100. The minimum absolute atomic E-state index is 0.259. The van der Waals surface area contributed by atoms with Crippen LogP contribution in [0.4, 0.5) is 17.1 Å². The molecule has 1 unspecified atom stereocenters. The summed E-state index contributed by atoms with van der Waals surface area (Å²) < 4.78 is 5.63. The third-order valence-electron chi connectivity index (χ3n) is 5.17. The lowest BCUT2D eigenvalue weighted by molar-refractivity contribution is 0.0456. The number of fused-ring (bicyclic) bond motifs is 1. The lowest BCUT2D eigenvalue weighted by Crippen LogP contribution is -2.10. The zero-order valence-corrected chi connectivity index (χ0v) is 15.7. The predicted molar refractivity (Wildman–Crippen MR) is 115 cm³/mol. The van der Waals surface area contributed by atoms with Gasteiger partial charge in [0.15, 0.2) is 6.10 Å². The minimum Gasteiger partial charge on any atom is -0.449 e. The Labute approximate surface area is 169 Å². The van der Waals surface area contributed by atoms with Crippen LogP contribution in [-0.4, -0.2) is 5.97 Å². The van der Waals surface area contributed by atoms with Gasteiger partial charge in [-0.2, -0.15) is 0 Å². The van der Waals surface area contributed by atoms with E-state index in [0.717, 1.165) is 28.2 Å². The van der Waals surface area contributed by atoms with E-state index in [2.05, 4.69) is 41.3 Å². The molecule has 0 aromatic heterocycles. The number of benzene rings is 4. The van der Waals surface area contributed by atoms with Gasteiger partial charge in [-0.25, -0.2) is 4.79 Å². The van der Waals surface area contributed by atoms with Crippen molar-refractivity contribution in [2.24, 2.45) is 0 Å². The lowest BCUT2D eigenvalue weighted by atomic mass is 9.99. The van der Waals surface area contributed by atoms with Crippen molar-refractivity contribution in [2.75, 3.05) is 4.90 Å². The third kappa shape index (κ3) is 3.17. The number of cyclic esters (lactones) is 1. The Morgan fingerprint density at radius 2 is 1.10 bits per heavy atom. The fourth-order valence-corrected chi connectivity index (χ4v) is 3.79. The van der Waals surface area contributed by atoms with Crippen LogP contribution in [0.1, 0.15) is 27.6 Å². The van der Waals surface area contributed by atoms with Gasteiger partial charge in [-0.15, -0.1) is 0 Å². The van der Waals surface area contributed by atoms with Gasteiger partial charge < -0.3 is 9.64 Å². The van der Waals surface area contributed by atoms with Crippen molar-refractivity contribution in [1.82, 2.24) is 0 Å². The zero-order valence-electron chi connectivity index (χ0n) is 15.7. The normalized spacial score (nSPS) is 14.9. The van der Waals surface area contributed by atoms with E-state index in [9.17, 15) is 4.79 Å². The van der Waals surface area contributed by atoms with Crippen molar-refractivity contribution in [3.05, 3.63) is 126 Å². The van der Waals surface area contributed by atoms with Gasteiger partial charge in [0.1, 0.15) is 0 Å². The second-order valence-electron chi connectivity index (χ2n) is 6.97. The van der Waals surface area contributed by atoms with Crippen molar-refractivity contribution in [3.63, 3.8) is 0 Å². The van der Waals surface area contributed by atoms with Crippen LogP contribution < -0.4 is 4.90 Å². The first kappa shape index (κ1) is 17.3. The second-order valence-corrected chi connectivity index (χ2v) is 6.97. The largest absolute Gasteiger partial charge is 0.449 e. The standard InChI is InChI=1S/C26H19NO2/c28-26-24-14-8-7-13-23(24)25(29-26)19-15-17-22(18-16-19)27(20-9-3-1-4-10-20)21-11-5-2-6-12-21/h1-18,25H. The molecular formula is C26H19NO2. The van der Waals surface area contributed by atoms with Crippen LogP contribution in [0, 0.1) is 0 Å². The number of hydrogen-bond acceptors (Lipinski definition) is 3. The van der Waals surface area contributed by atoms with Gasteiger partial charge in [0, 0.05) is 22.6 Å². The van der Waals surface area contributed by atoms with E-state index in [1.165, 1.54) is 0 Å². The predicted octanol–water partition coefficient (Wildman–Crippen LogP) is 6.42. The Hall–Kier alpha value is -3.85. The van der Waals surface area contributed by atoms with Crippen LogP contribution in [0.3, 0.4) is 0 Å². The van der Waals surface area contributed by atoms with Gasteiger partial charge in [-0.05, 0) is 48.0 Å². The number of carbonyl (C=O) groups is 1. The molecule has 1 aliphatic heterocycles. The van der Waals surface area contributed by atoms with E-state index >= 15 is 0 Å². The quantitative estimate of drug-likeness (QED) is 0.385. The molecule has 0 spiro atoms. The molecule has 0 saturated heterocycles. The smallest absolute Gasteiger partial charge is 0.339 e. The molecule has 0 N–H and O–H groups in total. The lowest BCUT2D eigenvalue weighted by Gasteiger charge is -2.25. The van der Waals surface area contributed by atoms with Crippen LogP contribution >= 0.6 is 0 Å². The van der Waals surface area contributed by atoms with Gasteiger partial charge in [-0.1, -0.05) is 66.7 Å². The molecule has 3 heteroatoms. The molecule has 0 saturated carbocycles. The van der Waals surface area contributed by atoms with E-state index in [-0.39, 0.29) is 12.1 Å². The fourth-order valence-electron chi connectivity index (χ4n) is 3.79. The SMILES string of the molecule is O=C1OC(c2ccc(N(c3ccccc3)c3ccccc3)cc2)c2ccccc21. The number of ether oxygens (including phenoxy) is 1. The molecule has 0 amide bonds. The molecule has 1 heterocycles. The molecule has 1 atom stereocenters. The van der Waals surface area contributed by atoms with Crippen LogP contribution in [0.25, 0.3) is 0 Å². The number of rotatable bonds is 4. The molecule has 0 fully saturated rings. The first-order valence-electron chi connectivity index (χ1n) is 9.61. The van der Waals surface area contributed by atoms with E-state index < -0.39 is 0 Å². The van der Waals surface area contributed by atoms with Crippen LogP contribution in [0.2, 0.25) is 0 Å². The maximum atomic E-state index is 12.2. The van der Waals surface area contributed by atoms with Crippen molar-refractivity contribution in [3.8, 4) is 0 Å². The van der Waals surface area contributed by atoms with Crippen molar-refractivity contribution in [2.45, 2.75) is 6.10 Å². The molecule has 0 radical (unpaired) electrons. The summed E-state index contributed by atoms with van der Waals surface area (Å²) >= 11 is 0. The van der Waals surface area contributed by atoms with Gasteiger partial charge >= 0.3 is 5.97 Å². The molecule has 0 aliphatic carbocycles. The van der Waals surface area contributed by atoms with Crippen molar-refractivity contribution >= 4 is 23.0 Å². The first-order chi connectivity index (χ1) is 14.3. The van der Waals surface area contributed by atoms with Gasteiger partial charge in [-0.3, -0.25) is 0 Å². The highest BCUT2D eigenvalue weighted by molar-refractivity contribution is 5.94. The second kappa shape index (κ2) is 7.28. The highest BCUT2D eigenvalue weighted by Gasteiger charge is 2.31. The number of nitrogens with zero attached hydrogens (tertiary/aromatic N) is 1. The molecule has 4 aromatic rings. The molecule has 0 bridgehead atoms. The van der Waals surface area contributed by atoms with Crippen molar-refractivity contribution < 1.29 is 9.53 Å². The molecule has 3 nitrogen and oxygen atoms in total. The average Bonchev–Trinajstić information content (AvgIpc) is 3.13. The summed E-state index contributed by atoms with van der Waals surface area (Å²) in [5, 5.41) is 0. The Balaban J connectivity index is 1.53. The highest BCUT2D eigenvalue weighted by Crippen LogP contribution is 2.38. The van der Waals surface area contributed by atoms with Crippen LogP contribution in [0.5, 0.6) is 0 Å². The summed E-state index contributed by atoms with van der Waals surface area (Å²) in [6.45, 7) is 0. The molecule has 140 valence electrons. The summed E-state index contributed by atoms with van der Waals surface area (Å²) in [5.74, 6) is -0.259. The fraction of sp³-hybridized carbons (Fsp3) is 0.0385. The van der Waals surface area contributed by atoms with Gasteiger partial charge in [0.2, 0.25) is 0 Å². The van der Waals surface area contributed by atoms with E-state index in [1.54, 1.807) is 0 Å². The number of carbonyl (C=O) groups excluding carboxylic acids is 1. The topological polar surface area (TPSA) is 29.5 Å². The third-order valence-corrected chi connectivity index (χ3v) is 5.17. The average molecular weight is 377 g/mol. The Morgan fingerprint density at radius 3 is 1.72 bits per heavy atom. The van der Waals surface area contributed by atoms with Gasteiger partial charge in [0.25, 0.3) is 0 Å². The van der Waals surface area contributed by atoms with E-state index in [4.69, 9.17) is 4.74 Å². The zero-order chi connectivity index (χ0) is 19.6. The monoisotopic (exact) mass is 377 g/mol. The molecule has 1 aliphatic rings. The Morgan fingerprint density at radius 1 is 0.586 bits per heavy atom. The number of anilines is 3. The molecule has 5 rings (SSSR count). The molecule has 29 heavy (non-hydrogen) atoms. The van der Waals surface area contributed by atoms with Crippen molar-refractivity contribution in [1.29, 1.82) is 0 Å². The van der Waals surface area contributed by atoms with E-state index in [1.807, 2.05) is 72.8 Å². The number of esters is 1. The highest BCUT2D eigenvalue weighted by atomic mass is 16.5. The maximum absolute atomic E-state index is 12.2. The maximum Gasteiger partial charge on any atom is 0.339 e. The summed E-state index contributed by atoms with van der Waals surface area (Å²) in [6.07, 6.45) is -0.352. The first-order valence-corrected chi connectivity index (χ1v) is 9.61. The molecular weight excluding hydrogens is 358 g/mol. The summed E-state index contributed by atoms with van der Waals surface area (Å²) in [7, 11) is 0. The van der Waals surface area contributed by atoms with E-state index in [0.29, 0.717) is 5.56 Å². The summed E-state index contributed by atoms with van der Waals surface area (Å²) in [6, 6.07) is 36.3. The number of para-hydroxylation sites is 2. The van der Waals surface area contributed by atoms with Crippen LogP contribution in [0.15, 0.2) is 109 Å². The summed E-state index contributed by atoms with van der Waals surface area (Å²) in [5.41, 5.74) is 5.76. The Kier molecular flexibility index (Phi) is 4.34. The van der Waals surface area contributed by atoms with Crippen LogP contribution in [-0.2, 0) is 4.74 Å². The summed E-state index contributed by atoms with van der Waals surface area (Å²) in [4.78, 5) is 14.4. The van der Waals surface area contributed by atoms with Gasteiger partial charge in [0.05, 0.1) is 5.56 Å². The minimum atomic E-state index is -0.352. The number of hydrogen-bond donors (Lipinski definition) is 0. The molecule has 4 aromatic carbocycles.